The predicted octanol–water partition coefficient (Wildman–Crippen LogP) is 4.01. The number of hydrogen-bond donors (Lipinski definition) is 2. The van der Waals surface area contributed by atoms with Crippen LogP contribution in [0.3, 0.4) is 0 Å². The molecule has 2 N–H and O–H groups in total. The molecule has 0 aliphatic carbocycles. The van der Waals surface area contributed by atoms with Crippen molar-refractivity contribution in [3.63, 3.8) is 0 Å². The summed E-state index contributed by atoms with van der Waals surface area (Å²) in [5, 5.41) is 0.573. The Morgan fingerprint density at radius 2 is 1.54 bits per heavy atom. The Morgan fingerprint density at radius 1 is 0.964 bits per heavy atom. The van der Waals surface area contributed by atoms with Crippen LogP contribution in [0, 0.1) is 0 Å². The third-order valence-corrected chi connectivity index (χ3v) is 4.55. The zero-order valence-corrected chi connectivity index (χ0v) is 18.2. The number of amides is 2. The highest BCUT2D eigenvalue weighted by atomic mass is 79.9. The molecule has 0 saturated heterocycles. The lowest BCUT2D eigenvalue weighted by atomic mass is 9.87. The summed E-state index contributed by atoms with van der Waals surface area (Å²) in [7, 11) is 0. The first kappa shape index (κ1) is 22.0. The number of rotatable bonds is 6. The maximum absolute atomic E-state index is 11.8. The molecule has 0 atom stereocenters. The van der Waals surface area contributed by atoms with E-state index in [0.717, 1.165) is 10.0 Å². The molecule has 0 heterocycles. The average Bonchev–Trinajstić information content (AvgIpc) is 2.64. The highest BCUT2D eigenvalue weighted by Gasteiger charge is 2.15. The van der Waals surface area contributed by atoms with Gasteiger partial charge >= 0.3 is 0 Å². The predicted molar refractivity (Wildman–Crippen MR) is 112 cm³/mol. The maximum Gasteiger partial charge on any atom is 0.276 e. The molecule has 2 aromatic rings. The maximum atomic E-state index is 11.8. The van der Waals surface area contributed by atoms with E-state index in [1.807, 2.05) is 12.1 Å². The monoisotopic (exact) mass is 468 g/mol. The molecule has 0 saturated carbocycles. The van der Waals surface area contributed by atoms with Gasteiger partial charge in [-0.25, -0.2) is 0 Å². The molecular weight excluding hydrogens is 448 g/mol. The molecule has 150 valence electrons. The van der Waals surface area contributed by atoms with E-state index < -0.39 is 11.8 Å². The van der Waals surface area contributed by atoms with Crippen LogP contribution in [0.15, 0.2) is 46.9 Å². The fourth-order valence-corrected chi connectivity index (χ4v) is 2.74. The van der Waals surface area contributed by atoms with Gasteiger partial charge in [-0.3, -0.25) is 20.4 Å². The van der Waals surface area contributed by atoms with Gasteiger partial charge in [0.25, 0.3) is 11.8 Å². The van der Waals surface area contributed by atoms with Gasteiger partial charge in [0.05, 0.1) is 4.47 Å². The van der Waals surface area contributed by atoms with Gasteiger partial charge in [-0.1, -0.05) is 38.4 Å². The first-order valence-electron chi connectivity index (χ1n) is 8.54. The van der Waals surface area contributed by atoms with E-state index in [1.54, 1.807) is 30.3 Å². The van der Waals surface area contributed by atoms with Gasteiger partial charge in [-0.15, -0.1) is 0 Å². The van der Waals surface area contributed by atoms with E-state index in [2.05, 4.69) is 47.6 Å². The Balaban J connectivity index is 1.73. The van der Waals surface area contributed by atoms with Gasteiger partial charge in [0.2, 0.25) is 0 Å². The minimum Gasteiger partial charge on any atom is -0.484 e. The first-order valence-corrected chi connectivity index (χ1v) is 9.71. The van der Waals surface area contributed by atoms with Crippen molar-refractivity contribution in [2.45, 2.75) is 26.2 Å². The summed E-state index contributed by atoms with van der Waals surface area (Å²) in [5.74, 6) is 0.0453. The molecule has 0 bridgehead atoms. The zero-order chi connectivity index (χ0) is 20.7. The van der Waals surface area contributed by atoms with Crippen molar-refractivity contribution in [2.24, 2.45) is 0 Å². The van der Waals surface area contributed by atoms with Crippen molar-refractivity contribution in [2.75, 3.05) is 13.2 Å². The minimum atomic E-state index is -0.501. The lowest BCUT2D eigenvalue weighted by Gasteiger charge is -2.20. The van der Waals surface area contributed by atoms with Crippen LogP contribution >= 0.6 is 27.5 Å². The van der Waals surface area contributed by atoms with Crippen LogP contribution in [0.1, 0.15) is 26.3 Å². The molecule has 6 nitrogen and oxygen atoms in total. The second-order valence-corrected chi connectivity index (χ2v) is 8.31. The van der Waals surface area contributed by atoms with E-state index in [4.69, 9.17) is 21.1 Å². The molecule has 0 aliphatic heterocycles. The lowest BCUT2D eigenvalue weighted by Crippen LogP contribution is -2.45. The number of carbonyl (C=O) groups excluding carboxylic acids is 2. The number of carbonyl (C=O) groups is 2. The highest BCUT2D eigenvalue weighted by Crippen LogP contribution is 2.31. The van der Waals surface area contributed by atoms with Crippen molar-refractivity contribution in [3.8, 4) is 11.5 Å². The summed E-state index contributed by atoms with van der Waals surface area (Å²) in [6, 6.07) is 12.3. The third-order valence-electron chi connectivity index (χ3n) is 3.68. The summed E-state index contributed by atoms with van der Waals surface area (Å²) in [5.41, 5.74) is 5.69. The Kier molecular flexibility index (Phi) is 7.71. The fourth-order valence-electron chi connectivity index (χ4n) is 2.12. The van der Waals surface area contributed by atoms with Crippen LogP contribution in [-0.2, 0) is 15.0 Å². The topological polar surface area (TPSA) is 76.7 Å². The summed E-state index contributed by atoms with van der Waals surface area (Å²) >= 11 is 9.22. The Morgan fingerprint density at radius 3 is 2.07 bits per heavy atom. The average molecular weight is 470 g/mol. The van der Waals surface area contributed by atoms with E-state index in [0.29, 0.717) is 16.5 Å². The van der Waals surface area contributed by atoms with Gasteiger partial charge in [0.1, 0.15) is 11.5 Å². The minimum absolute atomic E-state index is 0.0107. The van der Waals surface area contributed by atoms with Crippen LogP contribution in [-0.4, -0.2) is 25.0 Å². The van der Waals surface area contributed by atoms with Crippen LogP contribution in [0.25, 0.3) is 0 Å². The van der Waals surface area contributed by atoms with Gasteiger partial charge in [-0.05, 0) is 63.3 Å². The van der Waals surface area contributed by atoms with E-state index >= 15 is 0 Å². The molecule has 2 rings (SSSR count). The summed E-state index contributed by atoms with van der Waals surface area (Å²) in [6.07, 6.45) is 0. The van der Waals surface area contributed by atoms with Crippen LogP contribution in [0.5, 0.6) is 11.5 Å². The second-order valence-electron chi connectivity index (χ2n) is 7.02. The standard InChI is InChI=1S/C20H22BrClN2O4/c1-20(2,3)13-4-9-17(16(21)10-13)28-12-19(26)24-23-18(25)11-27-15-7-5-14(22)6-8-15/h4-10H,11-12H2,1-3H3,(H,23,25)(H,24,26). The molecule has 28 heavy (non-hydrogen) atoms. The van der Waals surface area contributed by atoms with Crippen molar-refractivity contribution >= 4 is 39.3 Å². The van der Waals surface area contributed by atoms with Crippen molar-refractivity contribution in [1.29, 1.82) is 0 Å². The van der Waals surface area contributed by atoms with Crippen molar-refractivity contribution < 1.29 is 19.1 Å². The first-order chi connectivity index (χ1) is 13.1. The number of nitrogens with one attached hydrogen (secondary N) is 2. The number of halogens is 2. The largest absolute Gasteiger partial charge is 0.484 e. The van der Waals surface area contributed by atoms with Crippen LogP contribution in [0.2, 0.25) is 5.02 Å². The van der Waals surface area contributed by atoms with Gasteiger partial charge < -0.3 is 9.47 Å². The van der Waals surface area contributed by atoms with Crippen molar-refractivity contribution in [3.05, 3.63) is 57.5 Å². The molecule has 0 aromatic heterocycles. The summed E-state index contributed by atoms with van der Waals surface area (Å²) in [6.45, 7) is 5.85. The van der Waals surface area contributed by atoms with Gasteiger partial charge in [-0.2, -0.15) is 0 Å². The van der Waals surface area contributed by atoms with E-state index in [-0.39, 0.29) is 18.6 Å². The molecule has 0 aliphatic rings. The van der Waals surface area contributed by atoms with Crippen LogP contribution in [0.4, 0.5) is 0 Å². The number of hydrazine groups is 1. The van der Waals surface area contributed by atoms with Gasteiger partial charge in [0, 0.05) is 5.02 Å². The highest BCUT2D eigenvalue weighted by molar-refractivity contribution is 9.10. The van der Waals surface area contributed by atoms with E-state index in [1.165, 1.54) is 0 Å². The molecule has 8 heteroatoms. The second kappa shape index (κ2) is 9.80. The molecule has 0 spiro atoms. The van der Waals surface area contributed by atoms with E-state index in [9.17, 15) is 9.59 Å². The third kappa shape index (κ3) is 7.05. The Bertz CT molecular complexity index is 835. The van der Waals surface area contributed by atoms with Gasteiger partial charge in [0.15, 0.2) is 13.2 Å². The number of benzene rings is 2. The number of hydrogen-bond acceptors (Lipinski definition) is 4. The Labute approximate surface area is 177 Å². The Hall–Kier alpha value is -2.25. The number of ether oxygens (including phenoxy) is 2. The zero-order valence-electron chi connectivity index (χ0n) is 15.8. The molecule has 0 unspecified atom stereocenters. The molecule has 0 radical (unpaired) electrons. The normalized spacial score (nSPS) is 10.9. The summed E-state index contributed by atoms with van der Waals surface area (Å²) in [4.78, 5) is 23.6. The molecular formula is C20H22BrClN2O4. The lowest BCUT2D eigenvalue weighted by molar-refractivity contribution is -0.131. The smallest absolute Gasteiger partial charge is 0.276 e. The van der Waals surface area contributed by atoms with Crippen molar-refractivity contribution in [1.82, 2.24) is 10.9 Å². The van der Waals surface area contributed by atoms with Crippen LogP contribution < -0.4 is 20.3 Å². The summed E-state index contributed by atoms with van der Waals surface area (Å²) < 4.78 is 11.5. The SMILES string of the molecule is CC(C)(C)c1ccc(OCC(=O)NNC(=O)COc2ccc(Cl)cc2)c(Br)c1. The molecule has 0 fully saturated rings. The molecule has 2 aromatic carbocycles. The molecule has 2 amide bonds. The fraction of sp³-hybridized carbons (Fsp3) is 0.300. The quantitative estimate of drug-likeness (QED) is 0.627.